The molecule has 2 N–H and O–H groups in total. The van der Waals surface area contributed by atoms with Gasteiger partial charge < -0.3 is 20.1 Å². The molecule has 0 fully saturated rings. The van der Waals surface area contributed by atoms with Crippen molar-refractivity contribution in [2.24, 2.45) is 0 Å². The molecule has 0 saturated carbocycles. The van der Waals surface area contributed by atoms with E-state index in [0.29, 0.717) is 0 Å². The van der Waals surface area contributed by atoms with E-state index in [1.165, 1.54) is 19.3 Å². The molecule has 0 unspecified atom stereocenters. The van der Waals surface area contributed by atoms with Crippen LogP contribution >= 0.6 is 0 Å². The fourth-order valence-electron chi connectivity index (χ4n) is 2.48. The highest BCUT2D eigenvalue weighted by Gasteiger charge is 2.04. The van der Waals surface area contributed by atoms with Crippen molar-refractivity contribution in [3.8, 4) is 11.5 Å². The van der Waals surface area contributed by atoms with Crippen molar-refractivity contribution in [3.63, 3.8) is 0 Å². The second-order valence-corrected chi connectivity index (χ2v) is 6.07. The van der Waals surface area contributed by atoms with Crippen LogP contribution in [0.1, 0.15) is 32.6 Å². The van der Waals surface area contributed by atoms with Gasteiger partial charge in [0.25, 0.3) is 0 Å². The van der Waals surface area contributed by atoms with E-state index in [2.05, 4.69) is 17.6 Å². The normalized spacial score (nSPS) is 10.2. The lowest BCUT2D eigenvalue weighted by molar-refractivity contribution is -0.114. The van der Waals surface area contributed by atoms with E-state index in [-0.39, 0.29) is 12.5 Å². The molecule has 2 aromatic carbocycles. The number of anilines is 2. The maximum atomic E-state index is 12.1. The average Bonchev–Trinajstić information content (AvgIpc) is 2.67. The molecular formula is C21H28N2O3. The molecule has 0 atom stereocenters. The number of nitrogens with one attached hydrogen (secondary N) is 2. The Morgan fingerprint density at radius 2 is 1.77 bits per heavy atom. The van der Waals surface area contributed by atoms with Crippen molar-refractivity contribution in [1.29, 1.82) is 0 Å². The number of carbonyl (C=O) groups excluding carboxylic acids is 1. The SMILES string of the molecule is CCCCCCOc1cccc(NCC(=O)Nc2ccc(OC)cc2)c1. The third kappa shape index (κ3) is 7.05. The summed E-state index contributed by atoms with van der Waals surface area (Å²) >= 11 is 0. The number of ether oxygens (including phenoxy) is 2. The van der Waals surface area contributed by atoms with Crippen LogP contribution in [0.4, 0.5) is 11.4 Å². The monoisotopic (exact) mass is 356 g/mol. The summed E-state index contributed by atoms with van der Waals surface area (Å²) in [6.45, 7) is 3.11. The van der Waals surface area contributed by atoms with Crippen molar-refractivity contribution in [1.82, 2.24) is 0 Å². The van der Waals surface area contributed by atoms with Crippen LogP contribution in [-0.2, 0) is 4.79 Å². The van der Waals surface area contributed by atoms with Crippen LogP contribution in [0.2, 0.25) is 0 Å². The van der Waals surface area contributed by atoms with Gasteiger partial charge in [0, 0.05) is 17.4 Å². The van der Waals surface area contributed by atoms with E-state index >= 15 is 0 Å². The molecule has 0 saturated heterocycles. The molecule has 2 rings (SSSR count). The van der Waals surface area contributed by atoms with Crippen LogP contribution in [-0.4, -0.2) is 26.2 Å². The maximum absolute atomic E-state index is 12.1. The zero-order chi connectivity index (χ0) is 18.6. The zero-order valence-corrected chi connectivity index (χ0v) is 15.6. The summed E-state index contributed by atoms with van der Waals surface area (Å²) in [5.41, 5.74) is 1.60. The quantitative estimate of drug-likeness (QED) is 0.573. The second-order valence-electron chi connectivity index (χ2n) is 6.07. The minimum Gasteiger partial charge on any atom is -0.497 e. The molecule has 0 aromatic heterocycles. The predicted molar refractivity (Wildman–Crippen MR) is 106 cm³/mol. The first-order valence-corrected chi connectivity index (χ1v) is 9.12. The van der Waals surface area contributed by atoms with Gasteiger partial charge in [-0.1, -0.05) is 32.3 Å². The van der Waals surface area contributed by atoms with Gasteiger partial charge in [-0.3, -0.25) is 4.79 Å². The highest BCUT2D eigenvalue weighted by molar-refractivity contribution is 5.93. The van der Waals surface area contributed by atoms with Crippen molar-refractivity contribution in [3.05, 3.63) is 48.5 Å². The van der Waals surface area contributed by atoms with E-state index in [9.17, 15) is 4.79 Å². The highest BCUT2D eigenvalue weighted by Crippen LogP contribution is 2.18. The summed E-state index contributed by atoms with van der Waals surface area (Å²) in [6, 6.07) is 14.9. The van der Waals surface area contributed by atoms with Crippen LogP contribution in [0, 0.1) is 0 Å². The first-order chi connectivity index (χ1) is 12.7. The minimum absolute atomic E-state index is 0.110. The summed E-state index contributed by atoms with van der Waals surface area (Å²) < 4.78 is 10.9. The van der Waals surface area contributed by atoms with Crippen LogP contribution < -0.4 is 20.1 Å². The molecule has 1 amide bonds. The fourth-order valence-corrected chi connectivity index (χ4v) is 2.48. The van der Waals surface area contributed by atoms with Gasteiger partial charge in [0.1, 0.15) is 11.5 Å². The lowest BCUT2D eigenvalue weighted by Gasteiger charge is -2.10. The van der Waals surface area contributed by atoms with Crippen LogP contribution in [0.3, 0.4) is 0 Å². The molecule has 0 bridgehead atoms. The second kappa shape index (κ2) is 11.0. The molecule has 26 heavy (non-hydrogen) atoms. The summed E-state index contributed by atoms with van der Waals surface area (Å²) in [7, 11) is 1.61. The third-order valence-electron chi connectivity index (χ3n) is 3.93. The maximum Gasteiger partial charge on any atom is 0.243 e. The fraction of sp³-hybridized carbons (Fsp3) is 0.381. The smallest absolute Gasteiger partial charge is 0.243 e. The first-order valence-electron chi connectivity index (χ1n) is 9.12. The number of unbranched alkanes of at least 4 members (excludes halogenated alkanes) is 3. The Morgan fingerprint density at radius 1 is 0.962 bits per heavy atom. The standard InChI is InChI=1S/C21H28N2O3/c1-3-4-5-6-14-26-20-9-7-8-18(15-20)22-16-21(24)23-17-10-12-19(25-2)13-11-17/h7-13,15,22H,3-6,14,16H2,1-2H3,(H,23,24). The minimum atomic E-state index is -0.110. The van der Waals surface area contributed by atoms with E-state index < -0.39 is 0 Å². The number of amides is 1. The Labute approximate surface area is 155 Å². The van der Waals surface area contributed by atoms with Gasteiger partial charge in [0.05, 0.1) is 20.3 Å². The molecule has 140 valence electrons. The molecule has 0 aliphatic heterocycles. The van der Waals surface area contributed by atoms with E-state index in [1.807, 2.05) is 48.5 Å². The van der Waals surface area contributed by atoms with Crippen molar-refractivity contribution >= 4 is 17.3 Å². The lowest BCUT2D eigenvalue weighted by Crippen LogP contribution is -2.21. The van der Waals surface area contributed by atoms with E-state index in [0.717, 1.165) is 35.9 Å². The predicted octanol–water partition coefficient (Wildman–Crippen LogP) is 4.70. The third-order valence-corrected chi connectivity index (χ3v) is 3.93. The largest absolute Gasteiger partial charge is 0.497 e. The molecule has 0 radical (unpaired) electrons. The molecule has 0 spiro atoms. The van der Waals surface area contributed by atoms with E-state index in [1.54, 1.807) is 7.11 Å². The first kappa shape index (κ1) is 19.6. The number of benzene rings is 2. The molecule has 5 nitrogen and oxygen atoms in total. The van der Waals surface area contributed by atoms with Crippen molar-refractivity contribution in [2.75, 3.05) is 30.9 Å². The molecule has 0 aliphatic rings. The van der Waals surface area contributed by atoms with Gasteiger partial charge in [-0.25, -0.2) is 0 Å². The van der Waals surface area contributed by atoms with Crippen LogP contribution in [0.15, 0.2) is 48.5 Å². The molecule has 0 aliphatic carbocycles. The Hall–Kier alpha value is -2.69. The Balaban J connectivity index is 1.75. The van der Waals surface area contributed by atoms with Gasteiger partial charge in [-0.05, 0) is 42.8 Å². The van der Waals surface area contributed by atoms with Crippen molar-refractivity contribution < 1.29 is 14.3 Å². The van der Waals surface area contributed by atoms with Gasteiger partial charge in [-0.2, -0.15) is 0 Å². The molecule has 0 heterocycles. The highest BCUT2D eigenvalue weighted by atomic mass is 16.5. The summed E-state index contributed by atoms with van der Waals surface area (Å²) in [4.78, 5) is 12.1. The van der Waals surface area contributed by atoms with Gasteiger partial charge in [0.15, 0.2) is 0 Å². The molecular weight excluding hydrogens is 328 g/mol. The topological polar surface area (TPSA) is 59.6 Å². The number of hydrogen-bond donors (Lipinski definition) is 2. The van der Waals surface area contributed by atoms with Gasteiger partial charge >= 0.3 is 0 Å². The van der Waals surface area contributed by atoms with Crippen LogP contribution in [0.5, 0.6) is 11.5 Å². The summed E-state index contributed by atoms with van der Waals surface area (Å²) in [5, 5.41) is 5.97. The molecule has 2 aromatic rings. The Bertz CT molecular complexity index is 671. The van der Waals surface area contributed by atoms with Crippen molar-refractivity contribution in [2.45, 2.75) is 32.6 Å². The average molecular weight is 356 g/mol. The van der Waals surface area contributed by atoms with E-state index in [4.69, 9.17) is 9.47 Å². The Morgan fingerprint density at radius 3 is 2.50 bits per heavy atom. The van der Waals surface area contributed by atoms with Gasteiger partial charge in [-0.15, -0.1) is 0 Å². The Kier molecular flexibility index (Phi) is 8.33. The number of hydrogen-bond acceptors (Lipinski definition) is 4. The number of methoxy groups -OCH3 is 1. The number of carbonyl (C=O) groups is 1. The molecule has 5 heteroatoms. The summed E-state index contributed by atoms with van der Waals surface area (Å²) in [6.07, 6.45) is 4.72. The van der Waals surface area contributed by atoms with Gasteiger partial charge in [0.2, 0.25) is 5.91 Å². The lowest BCUT2D eigenvalue weighted by atomic mass is 10.2. The van der Waals surface area contributed by atoms with Crippen LogP contribution in [0.25, 0.3) is 0 Å². The zero-order valence-electron chi connectivity index (χ0n) is 15.6. The summed E-state index contributed by atoms with van der Waals surface area (Å²) in [5.74, 6) is 1.47. The number of rotatable bonds is 11.